The lowest BCUT2D eigenvalue weighted by Gasteiger charge is -2.46. The Hall–Kier alpha value is -2.99. The van der Waals surface area contributed by atoms with Gasteiger partial charge in [-0.25, -0.2) is 9.97 Å². The molecule has 0 radical (unpaired) electrons. The number of aromatic nitrogens is 2. The molecule has 7 heteroatoms. The van der Waals surface area contributed by atoms with Crippen LogP contribution in [0.3, 0.4) is 0 Å². The Morgan fingerprint density at radius 2 is 1.69 bits per heavy atom. The van der Waals surface area contributed by atoms with Gasteiger partial charge in [-0.2, -0.15) is 0 Å². The van der Waals surface area contributed by atoms with Crippen molar-refractivity contribution in [3.8, 4) is 11.6 Å². The van der Waals surface area contributed by atoms with E-state index in [9.17, 15) is 9.59 Å². The van der Waals surface area contributed by atoms with Gasteiger partial charge in [-0.1, -0.05) is 24.6 Å². The molecule has 6 nitrogen and oxygen atoms in total. The summed E-state index contributed by atoms with van der Waals surface area (Å²) in [5, 5.41) is 0.597. The molecule has 0 amide bonds. The van der Waals surface area contributed by atoms with Crippen LogP contribution in [0.15, 0.2) is 42.6 Å². The Morgan fingerprint density at radius 1 is 1.00 bits per heavy atom. The number of aryl methyl sites for hydroxylation is 1. The standard InChI is InChI=1S/C25H25ClN2O4/c1-6-14-11-16(31-20-13-27-19-12-15(26)7-10-18(19)28-20)8-9-17(14)21-24(2,3)22(29)32-23(30)25(21,4)5/h7-13,21H,6H2,1-5H3. The van der Waals surface area contributed by atoms with Gasteiger partial charge < -0.3 is 9.47 Å². The van der Waals surface area contributed by atoms with Gasteiger partial charge in [0.1, 0.15) is 5.75 Å². The third-order valence-corrected chi connectivity index (χ3v) is 6.43. The number of cyclic esters (lactones) is 2. The summed E-state index contributed by atoms with van der Waals surface area (Å²) in [6, 6.07) is 11.0. The van der Waals surface area contributed by atoms with Crippen LogP contribution in [0.1, 0.15) is 51.7 Å². The average molecular weight is 453 g/mol. The van der Waals surface area contributed by atoms with E-state index >= 15 is 0 Å². The maximum absolute atomic E-state index is 12.5. The Bertz CT molecular complexity index is 1210. The monoisotopic (exact) mass is 452 g/mol. The van der Waals surface area contributed by atoms with Crippen molar-refractivity contribution in [1.29, 1.82) is 0 Å². The van der Waals surface area contributed by atoms with Gasteiger partial charge in [-0.15, -0.1) is 0 Å². The van der Waals surface area contributed by atoms with Gasteiger partial charge in [-0.05, 0) is 75.6 Å². The van der Waals surface area contributed by atoms with Crippen molar-refractivity contribution in [3.05, 3.63) is 58.7 Å². The molecule has 0 bridgehead atoms. The highest BCUT2D eigenvalue weighted by atomic mass is 35.5. The second-order valence-electron chi connectivity index (χ2n) is 9.21. The van der Waals surface area contributed by atoms with Gasteiger partial charge in [0, 0.05) is 10.9 Å². The zero-order chi connectivity index (χ0) is 23.3. The minimum Gasteiger partial charge on any atom is -0.437 e. The first-order valence-corrected chi connectivity index (χ1v) is 10.9. The van der Waals surface area contributed by atoms with Crippen LogP contribution in [0.4, 0.5) is 0 Å². The van der Waals surface area contributed by atoms with Crippen LogP contribution in [-0.2, 0) is 20.7 Å². The summed E-state index contributed by atoms with van der Waals surface area (Å²) in [6.45, 7) is 9.35. The number of fused-ring (bicyclic) bond motifs is 1. The molecule has 0 unspecified atom stereocenters. The third kappa shape index (κ3) is 3.73. The fourth-order valence-corrected chi connectivity index (χ4v) is 4.80. The molecule has 4 rings (SSSR count). The lowest BCUT2D eigenvalue weighted by Crippen LogP contribution is -2.51. The summed E-state index contributed by atoms with van der Waals surface area (Å²) in [5.74, 6) is -0.361. The van der Waals surface area contributed by atoms with Gasteiger partial charge in [0.2, 0.25) is 5.88 Å². The van der Waals surface area contributed by atoms with Crippen LogP contribution < -0.4 is 4.74 Å². The molecule has 0 aliphatic carbocycles. The van der Waals surface area contributed by atoms with E-state index in [1.165, 1.54) is 0 Å². The van der Waals surface area contributed by atoms with Crippen molar-refractivity contribution in [2.75, 3.05) is 0 Å². The molecule has 2 heterocycles. The first kappa shape index (κ1) is 22.2. The normalized spacial score (nSPS) is 17.9. The van der Waals surface area contributed by atoms with E-state index in [4.69, 9.17) is 21.1 Å². The lowest BCUT2D eigenvalue weighted by atomic mass is 9.59. The number of hydrogen-bond acceptors (Lipinski definition) is 6. The second kappa shape index (κ2) is 7.85. The maximum atomic E-state index is 12.5. The van der Waals surface area contributed by atoms with Crippen LogP contribution in [0.5, 0.6) is 11.6 Å². The molecule has 1 saturated heterocycles. The van der Waals surface area contributed by atoms with Crippen LogP contribution in [-0.4, -0.2) is 21.9 Å². The number of carbonyl (C=O) groups is 2. The van der Waals surface area contributed by atoms with E-state index in [1.807, 2.05) is 52.8 Å². The van der Waals surface area contributed by atoms with Crippen molar-refractivity contribution in [2.45, 2.75) is 47.0 Å². The summed E-state index contributed by atoms with van der Waals surface area (Å²) < 4.78 is 11.0. The van der Waals surface area contributed by atoms with Crippen molar-refractivity contribution in [3.63, 3.8) is 0 Å². The molecule has 1 fully saturated rings. The molecule has 1 aliphatic heterocycles. The first-order chi connectivity index (χ1) is 15.0. The first-order valence-electron chi connectivity index (χ1n) is 10.5. The molecule has 0 spiro atoms. The highest BCUT2D eigenvalue weighted by Crippen LogP contribution is 2.53. The molecule has 32 heavy (non-hydrogen) atoms. The number of nitrogens with zero attached hydrogens (tertiary/aromatic N) is 2. The van der Waals surface area contributed by atoms with Gasteiger partial charge in [-0.3, -0.25) is 9.59 Å². The smallest absolute Gasteiger partial charge is 0.319 e. The number of esters is 2. The topological polar surface area (TPSA) is 78.4 Å². The van der Waals surface area contributed by atoms with Crippen LogP contribution in [0.2, 0.25) is 5.02 Å². The molecule has 2 aromatic carbocycles. The van der Waals surface area contributed by atoms with Crippen molar-refractivity contribution < 1.29 is 19.1 Å². The number of ether oxygens (including phenoxy) is 2. The molecule has 166 valence electrons. The van der Waals surface area contributed by atoms with E-state index in [2.05, 4.69) is 9.97 Å². The van der Waals surface area contributed by atoms with E-state index in [-0.39, 0.29) is 5.92 Å². The number of hydrogen-bond donors (Lipinski definition) is 0. The van der Waals surface area contributed by atoms with E-state index in [0.717, 1.165) is 11.1 Å². The van der Waals surface area contributed by atoms with Crippen molar-refractivity contribution >= 4 is 34.6 Å². The summed E-state index contributed by atoms with van der Waals surface area (Å²) in [7, 11) is 0. The van der Waals surface area contributed by atoms with Crippen LogP contribution >= 0.6 is 11.6 Å². The quantitative estimate of drug-likeness (QED) is 0.364. The van der Waals surface area contributed by atoms with Crippen LogP contribution in [0.25, 0.3) is 11.0 Å². The Balaban J connectivity index is 1.71. The Labute approximate surface area is 191 Å². The van der Waals surface area contributed by atoms with Gasteiger partial charge in [0.05, 0.1) is 28.1 Å². The number of benzene rings is 2. The minimum absolute atomic E-state index is 0.335. The molecule has 1 aliphatic rings. The fraction of sp³-hybridized carbons (Fsp3) is 0.360. The zero-order valence-corrected chi connectivity index (χ0v) is 19.5. The van der Waals surface area contributed by atoms with Crippen molar-refractivity contribution in [2.24, 2.45) is 10.8 Å². The summed E-state index contributed by atoms with van der Waals surface area (Å²) in [6.07, 6.45) is 2.26. The number of halogens is 1. The zero-order valence-electron chi connectivity index (χ0n) is 18.7. The molecule has 0 atom stereocenters. The minimum atomic E-state index is -0.852. The predicted molar refractivity (Wildman–Crippen MR) is 122 cm³/mol. The predicted octanol–water partition coefficient (Wildman–Crippen LogP) is 5.86. The third-order valence-electron chi connectivity index (χ3n) is 6.19. The second-order valence-corrected chi connectivity index (χ2v) is 9.65. The number of carbonyl (C=O) groups excluding carboxylic acids is 2. The van der Waals surface area contributed by atoms with Crippen molar-refractivity contribution in [1.82, 2.24) is 9.97 Å². The van der Waals surface area contributed by atoms with Gasteiger partial charge >= 0.3 is 11.9 Å². The summed E-state index contributed by atoms with van der Waals surface area (Å²) >= 11 is 6.01. The van der Waals surface area contributed by atoms with E-state index in [1.54, 1.807) is 24.4 Å². The molecule has 0 N–H and O–H groups in total. The molecular weight excluding hydrogens is 428 g/mol. The molecule has 3 aromatic rings. The largest absolute Gasteiger partial charge is 0.437 e. The highest BCUT2D eigenvalue weighted by molar-refractivity contribution is 6.31. The van der Waals surface area contributed by atoms with E-state index < -0.39 is 22.8 Å². The molecule has 0 saturated carbocycles. The fourth-order valence-electron chi connectivity index (χ4n) is 4.63. The van der Waals surface area contributed by atoms with Gasteiger partial charge in [0.15, 0.2) is 0 Å². The van der Waals surface area contributed by atoms with Gasteiger partial charge in [0.25, 0.3) is 0 Å². The Morgan fingerprint density at radius 3 is 2.34 bits per heavy atom. The SMILES string of the molecule is CCc1cc(Oc2cnc3cc(Cl)ccc3n2)ccc1C1C(C)(C)C(=O)OC(=O)C1(C)C. The Kier molecular flexibility index (Phi) is 5.45. The maximum Gasteiger partial charge on any atom is 0.319 e. The lowest BCUT2D eigenvalue weighted by molar-refractivity contribution is -0.185. The highest BCUT2D eigenvalue weighted by Gasteiger charge is 2.56. The summed E-state index contributed by atoms with van der Waals surface area (Å²) in [5.41, 5.74) is 1.61. The van der Waals surface area contributed by atoms with Crippen LogP contribution in [0, 0.1) is 10.8 Å². The number of rotatable bonds is 4. The van der Waals surface area contributed by atoms with E-state index in [0.29, 0.717) is 34.1 Å². The molecular formula is C25H25ClN2O4. The summed E-state index contributed by atoms with van der Waals surface area (Å²) in [4.78, 5) is 33.9. The molecule has 1 aromatic heterocycles. The average Bonchev–Trinajstić information content (AvgIpc) is 2.73.